The maximum Gasteiger partial charge on any atom is 0.324 e. The first-order chi connectivity index (χ1) is 9.77. The number of carbonyl (C=O) groups excluding carboxylic acids is 2. The lowest BCUT2D eigenvalue weighted by atomic mass is 10.2. The van der Waals surface area contributed by atoms with E-state index in [4.69, 9.17) is 5.11 Å². The van der Waals surface area contributed by atoms with Gasteiger partial charge in [-0.2, -0.15) is 0 Å². The van der Waals surface area contributed by atoms with Crippen molar-refractivity contribution in [1.29, 1.82) is 0 Å². The van der Waals surface area contributed by atoms with Gasteiger partial charge in [-0.15, -0.1) is 0 Å². The number of urea groups is 1. The minimum atomic E-state index is -0.874. The van der Waals surface area contributed by atoms with Crippen LogP contribution in [0.25, 0.3) is 0 Å². The molecule has 0 aliphatic heterocycles. The van der Waals surface area contributed by atoms with Crippen molar-refractivity contribution < 1.29 is 19.5 Å². The molecule has 0 radical (unpaired) electrons. The van der Waals surface area contributed by atoms with Gasteiger partial charge in [0, 0.05) is 32.0 Å². The summed E-state index contributed by atoms with van der Waals surface area (Å²) < 4.78 is 0. The number of amides is 3. The SMILES string of the molecule is CCN(C(=O)NC(=O)CCCCC(=O)O)C(C)CN(C)C. The Balaban J connectivity index is 4.18. The second-order valence-corrected chi connectivity index (χ2v) is 5.35. The van der Waals surface area contributed by atoms with Crippen molar-refractivity contribution in [3.8, 4) is 0 Å². The molecule has 0 fully saturated rings. The molecule has 1 atom stereocenters. The van der Waals surface area contributed by atoms with Gasteiger partial charge in [0.1, 0.15) is 0 Å². The third-order valence-corrected chi connectivity index (χ3v) is 3.05. The van der Waals surface area contributed by atoms with Crippen LogP contribution in [0.5, 0.6) is 0 Å². The van der Waals surface area contributed by atoms with Crippen LogP contribution in [0.3, 0.4) is 0 Å². The Labute approximate surface area is 126 Å². The normalized spacial score (nSPS) is 12.0. The molecule has 3 amide bonds. The van der Waals surface area contributed by atoms with Crippen LogP contribution < -0.4 is 5.32 Å². The lowest BCUT2D eigenvalue weighted by Gasteiger charge is -2.29. The molecule has 7 heteroatoms. The zero-order chi connectivity index (χ0) is 16.4. The summed E-state index contributed by atoms with van der Waals surface area (Å²) in [4.78, 5) is 37.6. The van der Waals surface area contributed by atoms with Crippen molar-refractivity contribution in [2.24, 2.45) is 0 Å². The lowest BCUT2D eigenvalue weighted by molar-refractivity contribution is -0.137. The summed E-state index contributed by atoms with van der Waals surface area (Å²) in [6.45, 7) is 5.03. The van der Waals surface area contributed by atoms with Crippen LogP contribution in [0, 0.1) is 0 Å². The molecule has 0 aliphatic carbocycles. The molecule has 7 nitrogen and oxygen atoms in total. The minimum absolute atomic E-state index is 0.00445. The third kappa shape index (κ3) is 9.01. The number of carboxylic acids is 1. The van der Waals surface area contributed by atoms with Crippen molar-refractivity contribution in [1.82, 2.24) is 15.1 Å². The van der Waals surface area contributed by atoms with Crippen LogP contribution >= 0.6 is 0 Å². The van der Waals surface area contributed by atoms with Crippen molar-refractivity contribution >= 4 is 17.9 Å². The average molecular weight is 301 g/mol. The second kappa shape index (κ2) is 10.1. The van der Waals surface area contributed by atoms with Crippen LogP contribution in [-0.2, 0) is 9.59 Å². The molecule has 0 aliphatic rings. The summed E-state index contributed by atoms with van der Waals surface area (Å²) in [5, 5.41) is 10.9. The monoisotopic (exact) mass is 301 g/mol. The molecule has 2 N–H and O–H groups in total. The molecular formula is C14H27N3O4. The van der Waals surface area contributed by atoms with Gasteiger partial charge in [-0.3, -0.25) is 14.9 Å². The van der Waals surface area contributed by atoms with E-state index in [-0.39, 0.29) is 24.8 Å². The van der Waals surface area contributed by atoms with E-state index in [1.165, 1.54) is 0 Å². The number of likely N-dealkylation sites (N-methyl/N-ethyl adjacent to an activating group) is 2. The predicted molar refractivity (Wildman–Crippen MR) is 80.0 cm³/mol. The average Bonchev–Trinajstić information content (AvgIpc) is 2.34. The standard InChI is InChI=1S/C14H27N3O4/c1-5-17(11(2)10-16(3)4)14(21)15-12(18)8-6-7-9-13(19)20/h11H,5-10H2,1-4H3,(H,19,20)(H,15,18,21). The van der Waals surface area contributed by atoms with E-state index in [0.29, 0.717) is 25.9 Å². The third-order valence-electron chi connectivity index (χ3n) is 3.05. The fourth-order valence-electron chi connectivity index (χ4n) is 2.10. The summed E-state index contributed by atoms with van der Waals surface area (Å²) in [7, 11) is 3.85. The molecular weight excluding hydrogens is 274 g/mol. The number of nitrogens with zero attached hydrogens (tertiary/aromatic N) is 2. The van der Waals surface area contributed by atoms with Crippen LogP contribution in [0.4, 0.5) is 4.79 Å². The first-order valence-corrected chi connectivity index (χ1v) is 7.24. The zero-order valence-electron chi connectivity index (χ0n) is 13.4. The first-order valence-electron chi connectivity index (χ1n) is 7.24. The maximum atomic E-state index is 12.0. The number of unbranched alkanes of at least 4 members (excludes halogenated alkanes) is 1. The van der Waals surface area contributed by atoms with E-state index in [1.54, 1.807) is 4.90 Å². The molecule has 0 saturated heterocycles. The van der Waals surface area contributed by atoms with Gasteiger partial charge < -0.3 is 14.9 Å². The molecule has 0 rings (SSSR count). The zero-order valence-corrected chi connectivity index (χ0v) is 13.4. The van der Waals surface area contributed by atoms with Gasteiger partial charge in [0.05, 0.1) is 0 Å². The highest BCUT2D eigenvalue weighted by Gasteiger charge is 2.20. The van der Waals surface area contributed by atoms with Gasteiger partial charge >= 0.3 is 12.0 Å². The van der Waals surface area contributed by atoms with Gasteiger partial charge in [0.15, 0.2) is 0 Å². The van der Waals surface area contributed by atoms with Crippen molar-refractivity contribution in [3.63, 3.8) is 0 Å². The summed E-state index contributed by atoms with van der Waals surface area (Å²) >= 11 is 0. The van der Waals surface area contributed by atoms with E-state index in [0.717, 1.165) is 0 Å². The van der Waals surface area contributed by atoms with E-state index < -0.39 is 12.0 Å². The van der Waals surface area contributed by atoms with Crippen LogP contribution in [0.1, 0.15) is 39.5 Å². The fraction of sp³-hybridized carbons (Fsp3) is 0.786. The van der Waals surface area contributed by atoms with E-state index in [2.05, 4.69) is 5.32 Å². The van der Waals surface area contributed by atoms with Gasteiger partial charge in [-0.25, -0.2) is 4.79 Å². The van der Waals surface area contributed by atoms with Gasteiger partial charge in [-0.1, -0.05) is 0 Å². The van der Waals surface area contributed by atoms with Crippen LogP contribution in [0.15, 0.2) is 0 Å². The highest BCUT2D eigenvalue weighted by atomic mass is 16.4. The van der Waals surface area contributed by atoms with Gasteiger partial charge in [-0.05, 0) is 40.8 Å². The second-order valence-electron chi connectivity index (χ2n) is 5.35. The number of hydrogen-bond donors (Lipinski definition) is 2. The van der Waals surface area contributed by atoms with E-state index in [9.17, 15) is 14.4 Å². The Morgan fingerprint density at radius 2 is 1.71 bits per heavy atom. The number of imide groups is 1. The highest BCUT2D eigenvalue weighted by Crippen LogP contribution is 2.03. The molecule has 1 unspecified atom stereocenters. The Hall–Kier alpha value is -1.63. The topological polar surface area (TPSA) is 90.0 Å². The number of carboxylic acid groups (broad SMARTS) is 1. The number of aliphatic carboxylic acids is 1. The van der Waals surface area contributed by atoms with Gasteiger partial charge in [0.25, 0.3) is 0 Å². The summed E-state index contributed by atoms with van der Waals surface area (Å²) in [5.74, 6) is -1.23. The number of carbonyl (C=O) groups is 3. The van der Waals surface area contributed by atoms with Crippen molar-refractivity contribution in [3.05, 3.63) is 0 Å². The Morgan fingerprint density at radius 3 is 2.19 bits per heavy atom. The molecule has 0 spiro atoms. The Kier molecular flexibility index (Phi) is 9.36. The molecule has 0 heterocycles. The largest absolute Gasteiger partial charge is 0.481 e. The Morgan fingerprint density at radius 1 is 1.14 bits per heavy atom. The quantitative estimate of drug-likeness (QED) is 0.623. The van der Waals surface area contributed by atoms with Crippen LogP contribution in [0.2, 0.25) is 0 Å². The predicted octanol–water partition coefficient (Wildman–Crippen LogP) is 1.14. The fourth-order valence-corrected chi connectivity index (χ4v) is 2.10. The molecule has 0 bridgehead atoms. The number of nitrogens with one attached hydrogen (secondary N) is 1. The highest BCUT2D eigenvalue weighted by molar-refractivity contribution is 5.94. The Bertz CT molecular complexity index is 358. The number of rotatable bonds is 9. The molecule has 122 valence electrons. The summed E-state index contributed by atoms with van der Waals surface area (Å²) in [6.07, 6.45) is 1.11. The molecule has 0 aromatic rings. The van der Waals surface area contributed by atoms with Gasteiger partial charge in [0.2, 0.25) is 5.91 Å². The molecule has 21 heavy (non-hydrogen) atoms. The summed E-state index contributed by atoms with van der Waals surface area (Å²) in [5.41, 5.74) is 0. The first kappa shape index (κ1) is 19.4. The summed E-state index contributed by atoms with van der Waals surface area (Å²) in [6, 6.07) is -0.389. The van der Waals surface area contributed by atoms with E-state index >= 15 is 0 Å². The van der Waals surface area contributed by atoms with Crippen molar-refractivity contribution in [2.75, 3.05) is 27.2 Å². The smallest absolute Gasteiger partial charge is 0.324 e. The molecule has 0 aromatic heterocycles. The minimum Gasteiger partial charge on any atom is -0.481 e. The lowest BCUT2D eigenvalue weighted by Crippen LogP contribution is -2.49. The van der Waals surface area contributed by atoms with Crippen LogP contribution in [-0.4, -0.2) is 66.0 Å². The number of hydrogen-bond acceptors (Lipinski definition) is 4. The van der Waals surface area contributed by atoms with Crippen molar-refractivity contribution in [2.45, 2.75) is 45.6 Å². The van der Waals surface area contributed by atoms with E-state index in [1.807, 2.05) is 32.8 Å². The molecule has 0 aromatic carbocycles. The molecule has 0 saturated carbocycles. The maximum absolute atomic E-state index is 12.0.